The molecule has 1 heterocycles. The molecular formula is C11H9ClFN3S. The summed E-state index contributed by atoms with van der Waals surface area (Å²) in [5, 5.41) is 0.983. The zero-order valence-electron chi connectivity index (χ0n) is 8.73. The topological polar surface area (TPSA) is 51.8 Å². The number of rotatable bonds is 3. The average Bonchev–Trinajstić information content (AvgIpc) is 2.30. The van der Waals surface area contributed by atoms with Crippen LogP contribution in [0.4, 0.5) is 10.2 Å². The molecule has 17 heavy (non-hydrogen) atoms. The largest absolute Gasteiger partial charge is 0.381 e. The maximum Gasteiger partial charge on any atom is 0.156 e. The Labute approximate surface area is 107 Å². The minimum Gasteiger partial charge on any atom is -0.381 e. The Morgan fingerprint density at radius 3 is 2.76 bits per heavy atom. The molecule has 1 aromatic carbocycles. The third-order valence-corrected chi connectivity index (χ3v) is 3.35. The molecular weight excluding hydrogens is 261 g/mol. The van der Waals surface area contributed by atoms with Crippen LogP contribution < -0.4 is 5.73 Å². The second-order valence-electron chi connectivity index (χ2n) is 3.27. The molecule has 0 saturated heterocycles. The highest BCUT2D eigenvalue weighted by molar-refractivity contribution is 7.98. The first kappa shape index (κ1) is 12.1. The van der Waals surface area contributed by atoms with Gasteiger partial charge < -0.3 is 5.73 Å². The number of nitrogens with two attached hydrogens (primary N) is 1. The molecule has 2 rings (SSSR count). The number of anilines is 1. The van der Waals surface area contributed by atoms with Crippen molar-refractivity contribution in [2.75, 3.05) is 5.73 Å². The van der Waals surface area contributed by atoms with Gasteiger partial charge in [0, 0.05) is 23.2 Å². The van der Waals surface area contributed by atoms with Crippen molar-refractivity contribution in [1.82, 2.24) is 9.97 Å². The van der Waals surface area contributed by atoms with E-state index in [4.69, 9.17) is 17.3 Å². The standard InChI is InChI=1S/C11H9ClFN3S/c12-8-2-1-7(9(13)5-8)6-17-11-10(14)15-3-4-16-11/h1-5H,6H2,(H2,14,15). The van der Waals surface area contributed by atoms with E-state index in [1.165, 1.54) is 24.0 Å². The highest BCUT2D eigenvalue weighted by atomic mass is 35.5. The molecule has 2 N–H and O–H groups in total. The van der Waals surface area contributed by atoms with Crippen LogP contribution in [-0.4, -0.2) is 9.97 Å². The van der Waals surface area contributed by atoms with Gasteiger partial charge in [-0.05, 0) is 17.7 Å². The molecule has 2 aromatic rings. The summed E-state index contributed by atoms with van der Waals surface area (Å²) >= 11 is 7.01. The van der Waals surface area contributed by atoms with Crippen LogP contribution in [0.3, 0.4) is 0 Å². The van der Waals surface area contributed by atoms with Gasteiger partial charge in [-0.15, -0.1) is 0 Å². The minimum absolute atomic E-state index is 0.326. The number of halogens is 2. The molecule has 6 heteroatoms. The fourth-order valence-corrected chi connectivity index (χ4v) is 2.25. The van der Waals surface area contributed by atoms with Crippen LogP contribution in [-0.2, 0) is 5.75 Å². The Balaban J connectivity index is 2.10. The summed E-state index contributed by atoms with van der Waals surface area (Å²) in [7, 11) is 0. The summed E-state index contributed by atoms with van der Waals surface area (Å²) in [6.07, 6.45) is 3.07. The van der Waals surface area contributed by atoms with Gasteiger partial charge in [-0.1, -0.05) is 29.4 Å². The number of hydrogen-bond donors (Lipinski definition) is 1. The molecule has 0 aliphatic rings. The molecule has 0 spiro atoms. The van der Waals surface area contributed by atoms with E-state index in [9.17, 15) is 4.39 Å². The van der Waals surface area contributed by atoms with Crippen LogP contribution in [0.25, 0.3) is 0 Å². The third kappa shape index (κ3) is 3.08. The zero-order chi connectivity index (χ0) is 12.3. The lowest BCUT2D eigenvalue weighted by molar-refractivity contribution is 0.617. The smallest absolute Gasteiger partial charge is 0.156 e. The van der Waals surface area contributed by atoms with E-state index in [1.807, 2.05) is 0 Å². The van der Waals surface area contributed by atoms with Crippen molar-refractivity contribution < 1.29 is 4.39 Å². The number of hydrogen-bond acceptors (Lipinski definition) is 4. The van der Waals surface area contributed by atoms with E-state index >= 15 is 0 Å². The number of benzene rings is 1. The number of aromatic nitrogens is 2. The lowest BCUT2D eigenvalue weighted by Crippen LogP contribution is -1.95. The third-order valence-electron chi connectivity index (χ3n) is 2.07. The van der Waals surface area contributed by atoms with Gasteiger partial charge in [-0.2, -0.15) is 0 Å². The van der Waals surface area contributed by atoms with E-state index in [-0.39, 0.29) is 5.82 Å². The Morgan fingerprint density at radius 1 is 1.29 bits per heavy atom. The summed E-state index contributed by atoms with van der Waals surface area (Å²) in [6, 6.07) is 4.59. The summed E-state index contributed by atoms with van der Waals surface area (Å²) < 4.78 is 13.5. The molecule has 0 radical (unpaired) electrons. The van der Waals surface area contributed by atoms with E-state index in [1.54, 1.807) is 18.3 Å². The van der Waals surface area contributed by atoms with Crippen molar-refractivity contribution in [3.63, 3.8) is 0 Å². The number of nitrogens with zero attached hydrogens (tertiary/aromatic N) is 2. The second kappa shape index (κ2) is 5.33. The van der Waals surface area contributed by atoms with Crippen LogP contribution >= 0.6 is 23.4 Å². The SMILES string of the molecule is Nc1nccnc1SCc1ccc(Cl)cc1F. The molecule has 88 valence electrons. The van der Waals surface area contributed by atoms with Crippen molar-refractivity contribution in [1.29, 1.82) is 0 Å². The van der Waals surface area contributed by atoms with Gasteiger partial charge in [0.1, 0.15) is 10.8 Å². The highest BCUT2D eigenvalue weighted by Crippen LogP contribution is 2.26. The maximum absolute atomic E-state index is 13.5. The van der Waals surface area contributed by atoms with Crippen molar-refractivity contribution in [3.8, 4) is 0 Å². The van der Waals surface area contributed by atoms with Crippen molar-refractivity contribution >= 4 is 29.2 Å². The molecule has 3 nitrogen and oxygen atoms in total. The molecule has 0 bridgehead atoms. The fourth-order valence-electron chi connectivity index (χ4n) is 1.23. The molecule has 0 aliphatic carbocycles. The number of thioether (sulfide) groups is 1. The Hall–Kier alpha value is -1.33. The van der Waals surface area contributed by atoms with Gasteiger partial charge in [0.25, 0.3) is 0 Å². The molecule has 0 fully saturated rings. The fraction of sp³-hybridized carbons (Fsp3) is 0.0909. The van der Waals surface area contributed by atoms with E-state index in [2.05, 4.69) is 9.97 Å². The molecule has 0 amide bonds. The van der Waals surface area contributed by atoms with Crippen LogP contribution in [0, 0.1) is 5.82 Å². The van der Waals surface area contributed by atoms with Crippen LogP contribution in [0.15, 0.2) is 35.6 Å². The molecule has 0 saturated carbocycles. The van der Waals surface area contributed by atoms with Crippen LogP contribution in [0.5, 0.6) is 0 Å². The first-order valence-electron chi connectivity index (χ1n) is 4.80. The molecule has 0 unspecified atom stereocenters. The summed E-state index contributed by atoms with van der Waals surface area (Å²) in [5.41, 5.74) is 6.20. The lowest BCUT2D eigenvalue weighted by Gasteiger charge is -2.04. The monoisotopic (exact) mass is 269 g/mol. The normalized spacial score (nSPS) is 10.5. The first-order valence-corrected chi connectivity index (χ1v) is 6.16. The van der Waals surface area contributed by atoms with E-state index in [0.29, 0.717) is 27.2 Å². The summed E-state index contributed by atoms with van der Waals surface area (Å²) in [5.74, 6) is 0.464. The Bertz CT molecular complexity index is 536. The molecule has 1 aromatic heterocycles. The average molecular weight is 270 g/mol. The Kier molecular flexibility index (Phi) is 3.81. The predicted octanol–water partition coefficient (Wildman–Crippen LogP) is 3.14. The van der Waals surface area contributed by atoms with Gasteiger partial charge in [0.15, 0.2) is 5.82 Å². The summed E-state index contributed by atoms with van der Waals surface area (Å²) in [4.78, 5) is 7.98. The highest BCUT2D eigenvalue weighted by Gasteiger charge is 2.06. The van der Waals surface area contributed by atoms with Crippen molar-refractivity contribution in [2.24, 2.45) is 0 Å². The van der Waals surface area contributed by atoms with Gasteiger partial charge in [0.05, 0.1) is 0 Å². The van der Waals surface area contributed by atoms with Crippen LogP contribution in [0.1, 0.15) is 5.56 Å². The molecule has 0 atom stereocenters. The van der Waals surface area contributed by atoms with Gasteiger partial charge in [-0.3, -0.25) is 0 Å². The summed E-state index contributed by atoms with van der Waals surface area (Å²) in [6.45, 7) is 0. The van der Waals surface area contributed by atoms with Crippen molar-refractivity contribution in [3.05, 3.63) is 47.0 Å². The predicted molar refractivity (Wildman–Crippen MR) is 67.4 cm³/mol. The van der Waals surface area contributed by atoms with Crippen LogP contribution in [0.2, 0.25) is 5.02 Å². The second-order valence-corrected chi connectivity index (χ2v) is 4.67. The first-order chi connectivity index (χ1) is 8.16. The van der Waals surface area contributed by atoms with Crippen molar-refractivity contribution in [2.45, 2.75) is 10.8 Å². The molecule has 0 aliphatic heterocycles. The number of nitrogen functional groups attached to an aromatic ring is 1. The van der Waals surface area contributed by atoms with E-state index < -0.39 is 0 Å². The zero-order valence-corrected chi connectivity index (χ0v) is 10.3. The van der Waals surface area contributed by atoms with E-state index in [0.717, 1.165) is 0 Å². The minimum atomic E-state index is -0.326. The maximum atomic E-state index is 13.5. The quantitative estimate of drug-likeness (QED) is 0.870. The van der Waals surface area contributed by atoms with Gasteiger partial charge in [0.2, 0.25) is 0 Å². The lowest BCUT2D eigenvalue weighted by atomic mass is 10.2. The van der Waals surface area contributed by atoms with Gasteiger partial charge in [-0.25, -0.2) is 14.4 Å². The van der Waals surface area contributed by atoms with Gasteiger partial charge >= 0.3 is 0 Å². The Morgan fingerprint density at radius 2 is 2.06 bits per heavy atom.